The molecule has 0 radical (unpaired) electrons. The molecule has 130 valence electrons. The second-order valence-electron chi connectivity index (χ2n) is 8.33. The summed E-state index contributed by atoms with van der Waals surface area (Å²) in [6.45, 7) is 9.33. The lowest BCUT2D eigenvalue weighted by Crippen LogP contribution is -2.33. The van der Waals surface area contributed by atoms with Crippen molar-refractivity contribution in [1.82, 2.24) is 0 Å². The zero-order chi connectivity index (χ0) is 18.2. The highest BCUT2D eigenvalue weighted by molar-refractivity contribution is 5.88. The monoisotopic (exact) mass is 334 g/mol. The molecular formula is C23H26O2. The van der Waals surface area contributed by atoms with Crippen molar-refractivity contribution in [2.75, 3.05) is 0 Å². The molecule has 0 amide bonds. The topological polar surface area (TPSA) is 37.3 Å². The number of benzene rings is 2. The minimum atomic E-state index is -0.893. The van der Waals surface area contributed by atoms with Gasteiger partial charge in [-0.05, 0) is 58.1 Å². The fraction of sp³-hybridized carbons (Fsp3) is 0.348. The van der Waals surface area contributed by atoms with Gasteiger partial charge in [-0.25, -0.2) is 4.79 Å². The lowest BCUT2D eigenvalue weighted by atomic mass is 9.63. The van der Waals surface area contributed by atoms with Gasteiger partial charge in [0, 0.05) is 0 Å². The summed E-state index contributed by atoms with van der Waals surface area (Å²) in [6.07, 6.45) is 6.57. The van der Waals surface area contributed by atoms with Gasteiger partial charge in [-0.15, -0.1) is 0 Å². The van der Waals surface area contributed by atoms with Crippen LogP contribution in [0.4, 0.5) is 0 Å². The van der Waals surface area contributed by atoms with Crippen LogP contribution in [0.25, 0.3) is 12.2 Å². The fourth-order valence-electron chi connectivity index (χ4n) is 3.64. The van der Waals surface area contributed by atoms with E-state index in [9.17, 15) is 4.79 Å². The molecule has 0 unspecified atom stereocenters. The van der Waals surface area contributed by atoms with Gasteiger partial charge < -0.3 is 5.11 Å². The average molecular weight is 334 g/mol. The van der Waals surface area contributed by atoms with Gasteiger partial charge in [-0.1, -0.05) is 70.2 Å². The van der Waals surface area contributed by atoms with Gasteiger partial charge in [-0.3, -0.25) is 0 Å². The number of hydrogen-bond acceptors (Lipinski definition) is 1. The van der Waals surface area contributed by atoms with Gasteiger partial charge in [0.05, 0.1) is 5.56 Å². The first-order valence-corrected chi connectivity index (χ1v) is 8.85. The molecule has 0 spiro atoms. The van der Waals surface area contributed by atoms with Crippen LogP contribution in [-0.4, -0.2) is 11.1 Å². The third kappa shape index (κ3) is 3.53. The van der Waals surface area contributed by atoms with Crippen LogP contribution in [0.2, 0.25) is 0 Å². The maximum atomic E-state index is 10.9. The Bertz CT molecular complexity index is 824. The van der Waals surface area contributed by atoms with Crippen LogP contribution in [0.5, 0.6) is 0 Å². The Morgan fingerprint density at radius 1 is 0.840 bits per heavy atom. The third-order valence-corrected chi connectivity index (χ3v) is 5.50. The predicted molar refractivity (Wildman–Crippen MR) is 104 cm³/mol. The second-order valence-corrected chi connectivity index (χ2v) is 8.33. The second kappa shape index (κ2) is 6.18. The zero-order valence-corrected chi connectivity index (χ0v) is 15.5. The van der Waals surface area contributed by atoms with Crippen LogP contribution in [-0.2, 0) is 10.8 Å². The molecule has 0 aromatic heterocycles. The van der Waals surface area contributed by atoms with E-state index in [-0.39, 0.29) is 10.8 Å². The summed E-state index contributed by atoms with van der Waals surface area (Å²) >= 11 is 0. The highest BCUT2D eigenvalue weighted by Gasteiger charge is 2.36. The minimum absolute atomic E-state index is 0.206. The summed E-state index contributed by atoms with van der Waals surface area (Å²) in [5.74, 6) is -0.893. The summed E-state index contributed by atoms with van der Waals surface area (Å²) in [5.41, 5.74) is 5.86. The average Bonchev–Trinajstić information content (AvgIpc) is 2.57. The Morgan fingerprint density at radius 2 is 1.36 bits per heavy atom. The Labute approximate surface area is 150 Å². The van der Waals surface area contributed by atoms with E-state index in [1.54, 1.807) is 12.1 Å². The molecule has 0 atom stereocenters. The molecule has 1 aliphatic carbocycles. The minimum Gasteiger partial charge on any atom is -0.478 e. The number of hydrogen-bond donors (Lipinski definition) is 1. The van der Waals surface area contributed by atoms with Crippen molar-refractivity contribution >= 4 is 18.1 Å². The Balaban J connectivity index is 1.90. The van der Waals surface area contributed by atoms with Gasteiger partial charge >= 0.3 is 5.97 Å². The first-order valence-electron chi connectivity index (χ1n) is 8.85. The van der Waals surface area contributed by atoms with E-state index < -0.39 is 5.97 Å². The highest BCUT2D eigenvalue weighted by atomic mass is 16.4. The molecule has 1 N–H and O–H groups in total. The maximum Gasteiger partial charge on any atom is 0.335 e. The number of carboxylic acid groups (broad SMARTS) is 1. The van der Waals surface area contributed by atoms with E-state index in [1.165, 1.54) is 29.5 Å². The number of rotatable bonds is 3. The van der Waals surface area contributed by atoms with E-state index in [2.05, 4.69) is 52.0 Å². The molecule has 0 heterocycles. The lowest BCUT2D eigenvalue weighted by Gasteiger charge is -2.42. The SMILES string of the molecule is CC1(C)CCC(C)(C)c2cc(C=Cc3ccc(C(=O)O)cc3)ccc21. The van der Waals surface area contributed by atoms with Gasteiger partial charge in [0.25, 0.3) is 0 Å². The van der Waals surface area contributed by atoms with Gasteiger partial charge in [-0.2, -0.15) is 0 Å². The number of carbonyl (C=O) groups is 1. The number of aromatic carboxylic acids is 1. The van der Waals surface area contributed by atoms with Crippen LogP contribution in [0.3, 0.4) is 0 Å². The Kier molecular flexibility index (Phi) is 4.32. The number of fused-ring (bicyclic) bond motifs is 1. The van der Waals surface area contributed by atoms with Crippen LogP contribution in [0.1, 0.15) is 73.1 Å². The smallest absolute Gasteiger partial charge is 0.335 e. The van der Waals surface area contributed by atoms with E-state index in [4.69, 9.17) is 5.11 Å². The molecule has 2 aromatic carbocycles. The molecule has 25 heavy (non-hydrogen) atoms. The fourth-order valence-corrected chi connectivity index (χ4v) is 3.64. The normalized spacial score (nSPS) is 18.1. The quantitative estimate of drug-likeness (QED) is 0.709. The Hall–Kier alpha value is -2.35. The highest BCUT2D eigenvalue weighted by Crippen LogP contribution is 2.45. The van der Waals surface area contributed by atoms with E-state index in [0.29, 0.717) is 5.56 Å². The molecule has 0 saturated carbocycles. The van der Waals surface area contributed by atoms with Crippen molar-refractivity contribution in [2.45, 2.75) is 51.4 Å². The van der Waals surface area contributed by atoms with Crippen molar-refractivity contribution in [2.24, 2.45) is 0 Å². The van der Waals surface area contributed by atoms with Gasteiger partial charge in [0.15, 0.2) is 0 Å². The van der Waals surface area contributed by atoms with Crippen LogP contribution >= 0.6 is 0 Å². The summed E-state index contributed by atoms with van der Waals surface area (Å²) in [5, 5.41) is 8.97. The van der Waals surface area contributed by atoms with E-state index in [1.807, 2.05) is 18.2 Å². The first-order chi connectivity index (χ1) is 11.7. The van der Waals surface area contributed by atoms with Crippen molar-refractivity contribution in [3.05, 3.63) is 70.3 Å². The Morgan fingerprint density at radius 3 is 1.96 bits per heavy atom. The summed E-state index contributed by atoms with van der Waals surface area (Å²) in [6, 6.07) is 13.7. The van der Waals surface area contributed by atoms with E-state index >= 15 is 0 Å². The molecule has 0 bridgehead atoms. The van der Waals surface area contributed by atoms with E-state index in [0.717, 1.165) is 5.56 Å². The molecule has 2 nitrogen and oxygen atoms in total. The molecule has 1 aliphatic rings. The standard InChI is InChI=1S/C23H26O2/c1-22(2)13-14-23(3,4)20-15-17(9-12-19(20)22)6-5-16-7-10-18(11-8-16)21(24)25/h5-12,15H,13-14H2,1-4H3,(H,24,25). The first kappa shape index (κ1) is 17.5. The van der Waals surface area contributed by atoms with Gasteiger partial charge in [0.2, 0.25) is 0 Å². The summed E-state index contributed by atoms with van der Waals surface area (Å²) in [4.78, 5) is 10.9. The third-order valence-electron chi connectivity index (χ3n) is 5.50. The molecule has 0 fully saturated rings. The molecule has 0 aliphatic heterocycles. The predicted octanol–water partition coefficient (Wildman–Crippen LogP) is 5.90. The van der Waals surface area contributed by atoms with Crippen molar-refractivity contribution in [3.63, 3.8) is 0 Å². The largest absolute Gasteiger partial charge is 0.478 e. The number of carboxylic acids is 1. The molecule has 3 rings (SSSR count). The van der Waals surface area contributed by atoms with Crippen LogP contribution < -0.4 is 0 Å². The maximum absolute atomic E-state index is 10.9. The van der Waals surface area contributed by atoms with Crippen LogP contribution in [0, 0.1) is 0 Å². The van der Waals surface area contributed by atoms with Crippen LogP contribution in [0.15, 0.2) is 42.5 Å². The van der Waals surface area contributed by atoms with Crippen molar-refractivity contribution in [3.8, 4) is 0 Å². The zero-order valence-electron chi connectivity index (χ0n) is 15.5. The summed E-state index contributed by atoms with van der Waals surface area (Å²) in [7, 11) is 0. The molecular weight excluding hydrogens is 308 g/mol. The van der Waals surface area contributed by atoms with Crippen molar-refractivity contribution < 1.29 is 9.90 Å². The molecule has 2 aromatic rings. The van der Waals surface area contributed by atoms with Crippen molar-refractivity contribution in [1.29, 1.82) is 0 Å². The summed E-state index contributed by atoms with van der Waals surface area (Å²) < 4.78 is 0. The molecule has 0 saturated heterocycles. The lowest BCUT2D eigenvalue weighted by molar-refractivity contribution is 0.0697. The van der Waals surface area contributed by atoms with Gasteiger partial charge in [0.1, 0.15) is 0 Å². The molecule has 2 heteroatoms.